The fourth-order valence-electron chi connectivity index (χ4n) is 2.21. The maximum Gasteiger partial charge on any atom is 0.191 e. The standard InChI is InChI=1S/C16H28N4O2S2/c1-2-17-15(18-6-3-9-22-14-5-10-21-13-14)19-7-4-11-23-16-20-8-12-24-16/h8,12,14H,2-7,9-11,13H2,1H3,(H2,17,18,19). The maximum absolute atomic E-state index is 5.76. The van der Waals surface area contributed by atoms with Gasteiger partial charge < -0.3 is 20.1 Å². The van der Waals surface area contributed by atoms with E-state index in [2.05, 4.69) is 27.5 Å². The molecular formula is C16H28N4O2S2. The van der Waals surface area contributed by atoms with Gasteiger partial charge in [0, 0.05) is 50.2 Å². The monoisotopic (exact) mass is 372 g/mol. The largest absolute Gasteiger partial charge is 0.379 e. The summed E-state index contributed by atoms with van der Waals surface area (Å²) < 4.78 is 12.2. The molecule has 1 aliphatic heterocycles. The van der Waals surface area contributed by atoms with Gasteiger partial charge in [0.05, 0.1) is 12.7 Å². The molecule has 8 heteroatoms. The van der Waals surface area contributed by atoms with Crippen LogP contribution < -0.4 is 10.6 Å². The smallest absolute Gasteiger partial charge is 0.191 e. The van der Waals surface area contributed by atoms with E-state index in [0.717, 1.165) is 74.8 Å². The van der Waals surface area contributed by atoms with Gasteiger partial charge in [0.1, 0.15) is 4.34 Å². The minimum Gasteiger partial charge on any atom is -0.379 e. The fraction of sp³-hybridized carbons (Fsp3) is 0.750. The average molecular weight is 373 g/mol. The minimum atomic E-state index is 0.294. The van der Waals surface area contributed by atoms with Crippen LogP contribution in [0.3, 0.4) is 0 Å². The number of aromatic nitrogens is 1. The molecule has 1 aliphatic rings. The zero-order valence-electron chi connectivity index (χ0n) is 14.3. The van der Waals surface area contributed by atoms with Gasteiger partial charge in [0.15, 0.2) is 5.96 Å². The number of aliphatic imine (C=N–C) groups is 1. The number of hydrogen-bond acceptors (Lipinski definition) is 6. The number of hydrogen-bond donors (Lipinski definition) is 2. The number of nitrogens with one attached hydrogen (secondary N) is 2. The SMILES string of the molecule is CCNC(=NCCCSc1nccs1)NCCCOC1CCOC1. The van der Waals surface area contributed by atoms with E-state index in [1.165, 1.54) is 0 Å². The maximum atomic E-state index is 5.76. The highest BCUT2D eigenvalue weighted by Crippen LogP contribution is 2.20. The van der Waals surface area contributed by atoms with Gasteiger partial charge >= 0.3 is 0 Å². The van der Waals surface area contributed by atoms with Crippen LogP contribution in [0.2, 0.25) is 0 Å². The van der Waals surface area contributed by atoms with Crippen molar-refractivity contribution in [2.24, 2.45) is 4.99 Å². The van der Waals surface area contributed by atoms with Crippen molar-refractivity contribution in [1.82, 2.24) is 15.6 Å². The predicted molar refractivity (Wildman–Crippen MR) is 101 cm³/mol. The second-order valence-electron chi connectivity index (χ2n) is 5.40. The van der Waals surface area contributed by atoms with Crippen LogP contribution in [-0.2, 0) is 9.47 Å². The lowest BCUT2D eigenvalue weighted by Crippen LogP contribution is -2.38. The van der Waals surface area contributed by atoms with Crippen molar-refractivity contribution in [1.29, 1.82) is 0 Å². The lowest BCUT2D eigenvalue weighted by atomic mass is 10.3. The molecule has 1 unspecified atom stereocenters. The van der Waals surface area contributed by atoms with Crippen molar-refractivity contribution in [3.8, 4) is 0 Å². The van der Waals surface area contributed by atoms with Gasteiger partial charge in [-0.1, -0.05) is 11.8 Å². The van der Waals surface area contributed by atoms with Crippen LogP contribution in [0.4, 0.5) is 0 Å². The van der Waals surface area contributed by atoms with Gasteiger partial charge in [0.25, 0.3) is 0 Å². The third kappa shape index (κ3) is 8.32. The van der Waals surface area contributed by atoms with Crippen LogP contribution in [0, 0.1) is 0 Å². The molecule has 24 heavy (non-hydrogen) atoms. The molecule has 2 rings (SSSR count). The first-order valence-electron chi connectivity index (χ1n) is 8.62. The molecule has 1 aromatic heterocycles. The number of guanidine groups is 1. The first-order valence-corrected chi connectivity index (χ1v) is 10.5. The van der Waals surface area contributed by atoms with E-state index in [0.29, 0.717) is 6.10 Å². The second-order valence-corrected chi connectivity index (χ2v) is 7.63. The van der Waals surface area contributed by atoms with Gasteiger partial charge in [-0.15, -0.1) is 11.3 Å². The Bertz CT molecular complexity index is 451. The normalized spacial score (nSPS) is 18.0. The van der Waals surface area contributed by atoms with Gasteiger partial charge in [-0.2, -0.15) is 0 Å². The number of ether oxygens (including phenoxy) is 2. The Kier molecular flexibility index (Phi) is 10.2. The van der Waals surface area contributed by atoms with Crippen molar-refractivity contribution in [3.63, 3.8) is 0 Å². The number of rotatable bonds is 11. The van der Waals surface area contributed by atoms with Crippen molar-refractivity contribution < 1.29 is 9.47 Å². The predicted octanol–water partition coefficient (Wildman–Crippen LogP) is 2.38. The number of thioether (sulfide) groups is 1. The molecule has 1 saturated heterocycles. The summed E-state index contributed by atoms with van der Waals surface area (Å²) in [5.41, 5.74) is 0. The zero-order valence-corrected chi connectivity index (χ0v) is 16.0. The molecule has 0 radical (unpaired) electrons. The van der Waals surface area contributed by atoms with Crippen LogP contribution >= 0.6 is 23.1 Å². The summed E-state index contributed by atoms with van der Waals surface area (Å²) in [6.45, 7) is 6.99. The van der Waals surface area contributed by atoms with Crippen molar-refractivity contribution in [3.05, 3.63) is 11.6 Å². The molecule has 6 nitrogen and oxygen atoms in total. The average Bonchev–Trinajstić information content (AvgIpc) is 3.27. The molecular weight excluding hydrogens is 344 g/mol. The third-order valence-corrected chi connectivity index (χ3v) is 5.46. The summed E-state index contributed by atoms with van der Waals surface area (Å²) in [5, 5.41) is 8.65. The van der Waals surface area contributed by atoms with Gasteiger partial charge in [0.2, 0.25) is 0 Å². The van der Waals surface area contributed by atoms with Crippen LogP contribution in [0.25, 0.3) is 0 Å². The lowest BCUT2D eigenvalue weighted by Gasteiger charge is -2.12. The molecule has 0 spiro atoms. The van der Waals surface area contributed by atoms with Gasteiger partial charge in [-0.3, -0.25) is 4.99 Å². The van der Waals surface area contributed by atoms with Crippen molar-refractivity contribution >= 4 is 29.1 Å². The molecule has 0 amide bonds. The second kappa shape index (κ2) is 12.5. The summed E-state index contributed by atoms with van der Waals surface area (Å²) in [4.78, 5) is 8.88. The molecule has 1 atom stereocenters. The summed E-state index contributed by atoms with van der Waals surface area (Å²) >= 11 is 3.49. The van der Waals surface area contributed by atoms with E-state index in [1.807, 2.05) is 11.6 Å². The Morgan fingerprint density at radius 3 is 3.21 bits per heavy atom. The van der Waals surface area contributed by atoms with Crippen LogP contribution in [0.15, 0.2) is 20.9 Å². The molecule has 2 heterocycles. The van der Waals surface area contributed by atoms with Crippen LogP contribution in [0.1, 0.15) is 26.2 Å². The molecule has 0 aliphatic carbocycles. The fourth-order valence-corrected chi connectivity index (χ4v) is 3.84. The molecule has 0 saturated carbocycles. The Hall–Kier alpha value is -0.830. The van der Waals surface area contributed by atoms with E-state index >= 15 is 0 Å². The Morgan fingerprint density at radius 1 is 1.50 bits per heavy atom. The molecule has 2 N–H and O–H groups in total. The summed E-state index contributed by atoms with van der Waals surface area (Å²) in [5.74, 6) is 1.94. The van der Waals surface area contributed by atoms with Crippen molar-refractivity contribution in [2.75, 3.05) is 45.2 Å². The third-order valence-electron chi connectivity index (χ3n) is 3.41. The molecule has 0 bridgehead atoms. The van der Waals surface area contributed by atoms with E-state index in [1.54, 1.807) is 23.1 Å². The highest BCUT2D eigenvalue weighted by molar-refractivity contribution is 8.00. The molecule has 136 valence electrons. The zero-order chi connectivity index (χ0) is 16.9. The molecule has 1 aromatic rings. The number of thiazole rings is 1. The highest BCUT2D eigenvalue weighted by Gasteiger charge is 2.15. The Labute approximate surface area is 152 Å². The lowest BCUT2D eigenvalue weighted by molar-refractivity contribution is 0.0420. The van der Waals surface area contributed by atoms with Crippen LogP contribution in [0.5, 0.6) is 0 Å². The topological polar surface area (TPSA) is 67.8 Å². The van der Waals surface area contributed by atoms with E-state index in [4.69, 9.17) is 9.47 Å². The summed E-state index contributed by atoms with van der Waals surface area (Å²) in [6.07, 6.45) is 5.19. The Morgan fingerprint density at radius 2 is 2.46 bits per heavy atom. The van der Waals surface area contributed by atoms with Gasteiger partial charge in [-0.05, 0) is 26.2 Å². The highest BCUT2D eigenvalue weighted by atomic mass is 32.2. The Balaban J connectivity index is 1.52. The van der Waals surface area contributed by atoms with E-state index < -0.39 is 0 Å². The van der Waals surface area contributed by atoms with Gasteiger partial charge in [-0.25, -0.2) is 4.98 Å². The summed E-state index contributed by atoms with van der Waals surface area (Å²) in [7, 11) is 0. The molecule has 1 fully saturated rings. The first kappa shape index (κ1) is 19.5. The van der Waals surface area contributed by atoms with Crippen molar-refractivity contribution in [2.45, 2.75) is 36.6 Å². The van der Waals surface area contributed by atoms with Crippen LogP contribution in [-0.4, -0.2) is 62.3 Å². The first-order chi connectivity index (χ1) is 11.9. The quantitative estimate of drug-likeness (QED) is 0.269. The molecule has 0 aromatic carbocycles. The van der Waals surface area contributed by atoms with E-state index in [-0.39, 0.29) is 0 Å². The van der Waals surface area contributed by atoms with E-state index in [9.17, 15) is 0 Å². The minimum absolute atomic E-state index is 0.294. The number of nitrogens with zero attached hydrogens (tertiary/aromatic N) is 2. The summed E-state index contributed by atoms with van der Waals surface area (Å²) in [6, 6.07) is 0.